The third-order valence-corrected chi connectivity index (χ3v) is 4.69. The maximum Gasteiger partial charge on any atom is 0.0573 e. The summed E-state index contributed by atoms with van der Waals surface area (Å²) >= 11 is 0. The van der Waals surface area contributed by atoms with Crippen LogP contribution in [0.1, 0.15) is 38.5 Å². The van der Waals surface area contributed by atoms with E-state index in [1.807, 2.05) is 0 Å². The first kappa shape index (κ1) is 7.37. The molecular formula is C11H18O. The van der Waals surface area contributed by atoms with Gasteiger partial charge in [0.1, 0.15) is 0 Å². The third kappa shape index (κ3) is 0.834. The van der Waals surface area contributed by atoms with Crippen molar-refractivity contribution in [1.82, 2.24) is 0 Å². The van der Waals surface area contributed by atoms with Crippen LogP contribution in [-0.4, -0.2) is 11.2 Å². The second-order valence-electron chi connectivity index (χ2n) is 5.06. The van der Waals surface area contributed by atoms with Crippen molar-refractivity contribution in [2.75, 3.05) is 0 Å². The number of hydrogen-bond acceptors (Lipinski definition) is 1. The molecule has 0 saturated heterocycles. The van der Waals surface area contributed by atoms with Gasteiger partial charge in [-0.2, -0.15) is 0 Å². The van der Waals surface area contributed by atoms with Crippen LogP contribution in [0.15, 0.2) is 0 Å². The van der Waals surface area contributed by atoms with Crippen LogP contribution >= 0.6 is 0 Å². The molecule has 1 nitrogen and oxygen atoms in total. The van der Waals surface area contributed by atoms with E-state index in [1.165, 1.54) is 32.1 Å². The van der Waals surface area contributed by atoms with Crippen LogP contribution in [-0.2, 0) is 0 Å². The molecule has 0 aromatic carbocycles. The Balaban J connectivity index is 1.90. The molecule has 5 atom stereocenters. The first-order valence-corrected chi connectivity index (χ1v) is 5.54. The highest BCUT2D eigenvalue weighted by atomic mass is 16.3. The number of rotatable bonds is 0. The summed E-state index contributed by atoms with van der Waals surface area (Å²) in [5.41, 5.74) is 0. The molecule has 0 amide bonds. The maximum atomic E-state index is 9.85. The lowest BCUT2D eigenvalue weighted by Crippen LogP contribution is -2.45. The van der Waals surface area contributed by atoms with Gasteiger partial charge in [0.05, 0.1) is 6.10 Å². The van der Waals surface area contributed by atoms with Crippen LogP contribution in [0.5, 0.6) is 0 Å². The van der Waals surface area contributed by atoms with Crippen LogP contribution in [0.25, 0.3) is 0 Å². The summed E-state index contributed by atoms with van der Waals surface area (Å²) in [7, 11) is 0. The van der Waals surface area contributed by atoms with E-state index < -0.39 is 0 Å². The summed E-state index contributed by atoms with van der Waals surface area (Å²) in [4.78, 5) is 0. The van der Waals surface area contributed by atoms with Gasteiger partial charge in [0, 0.05) is 0 Å². The highest BCUT2D eigenvalue weighted by Crippen LogP contribution is 2.55. The van der Waals surface area contributed by atoms with Gasteiger partial charge in [0.2, 0.25) is 0 Å². The summed E-state index contributed by atoms with van der Waals surface area (Å²) in [5.74, 6) is 3.54. The van der Waals surface area contributed by atoms with Gasteiger partial charge >= 0.3 is 0 Å². The molecule has 0 aliphatic heterocycles. The maximum absolute atomic E-state index is 9.85. The van der Waals surface area contributed by atoms with E-state index in [-0.39, 0.29) is 6.10 Å². The lowest BCUT2D eigenvalue weighted by molar-refractivity contribution is -0.0641. The molecule has 68 valence electrons. The molecule has 0 heterocycles. The molecule has 2 bridgehead atoms. The number of hydrogen-bond donors (Lipinski definition) is 1. The van der Waals surface area contributed by atoms with Crippen molar-refractivity contribution in [3.8, 4) is 0 Å². The fourth-order valence-corrected chi connectivity index (χ4v) is 4.22. The Morgan fingerprint density at radius 3 is 2.50 bits per heavy atom. The first-order chi connectivity index (χ1) is 5.86. The minimum absolute atomic E-state index is 0.0723. The minimum atomic E-state index is 0.0723. The molecular weight excluding hydrogens is 148 g/mol. The minimum Gasteiger partial charge on any atom is -0.393 e. The van der Waals surface area contributed by atoms with Crippen LogP contribution in [0.4, 0.5) is 0 Å². The zero-order valence-corrected chi connectivity index (χ0v) is 7.58. The standard InChI is InChI=1S/C11H18O/c12-11-6-7-4-5-10(11)9-3-1-2-8(7)9/h7-12H,1-6H2. The highest BCUT2D eigenvalue weighted by Gasteiger charge is 2.49. The fraction of sp³-hybridized carbons (Fsp3) is 1.00. The van der Waals surface area contributed by atoms with Gasteiger partial charge in [-0.1, -0.05) is 6.42 Å². The molecule has 1 heteroatoms. The van der Waals surface area contributed by atoms with Crippen molar-refractivity contribution >= 4 is 0 Å². The van der Waals surface area contributed by atoms with Crippen molar-refractivity contribution in [3.05, 3.63) is 0 Å². The van der Waals surface area contributed by atoms with Gasteiger partial charge in [-0.05, 0) is 55.8 Å². The molecule has 0 spiro atoms. The van der Waals surface area contributed by atoms with Gasteiger partial charge < -0.3 is 5.11 Å². The smallest absolute Gasteiger partial charge is 0.0573 e. The van der Waals surface area contributed by atoms with E-state index in [1.54, 1.807) is 0 Å². The zero-order valence-electron chi connectivity index (χ0n) is 7.58. The van der Waals surface area contributed by atoms with Crippen LogP contribution in [0, 0.1) is 23.7 Å². The van der Waals surface area contributed by atoms with Crippen molar-refractivity contribution in [3.63, 3.8) is 0 Å². The van der Waals surface area contributed by atoms with Gasteiger partial charge in [-0.3, -0.25) is 0 Å². The topological polar surface area (TPSA) is 20.2 Å². The quantitative estimate of drug-likeness (QED) is 0.585. The molecule has 4 saturated carbocycles. The predicted molar refractivity (Wildman–Crippen MR) is 47.7 cm³/mol. The fourth-order valence-electron chi connectivity index (χ4n) is 4.22. The van der Waals surface area contributed by atoms with Crippen LogP contribution in [0.3, 0.4) is 0 Å². The van der Waals surface area contributed by atoms with Crippen molar-refractivity contribution in [2.24, 2.45) is 23.7 Å². The molecule has 4 fully saturated rings. The van der Waals surface area contributed by atoms with E-state index in [2.05, 4.69) is 0 Å². The van der Waals surface area contributed by atoms with Gasteiger partial charge in [-0.25, -0.2) is 0 Å². The lowest BCUT2D eigenvalue weighted by Gasteiger charge is -2.48. The number of aliphatic hydroxyl groups is 1. The summed E-state index contributed by atoms with van der Waals surface area (Å²) in [6, 6.07) is 0. The lowest BCUT2D eigenvalue weighted by atomic mass is 9.58. The molecule has 4 aliphatic carbocycles. The Labute approximate surface area is 74.2 Å². The molecule has 0 aromatic heterocycles. The van der Waals surface area contributed by atoms with E-state index >= 15 is 0 Å². The largest absolute Gasteiger partial charge is 0.393 e. The first-order valence-electron chi connectivity index (χ1n) is 5.54. The zero-order chi connectivity index (χ0) is 8.13. The second kappa shape index (κ2) is 2.47. The van der Waals surface area contributed by atoms with Gasteiger partial charge in [-0.15, -0.1) is 0 Å². The van der Waals surface area contributed by atoms with E-state index in [9.17, 15) is 5.11 Å². The Bertz CT molecular complexity index is 189. The third-order valence-electron chi connectivity index (χ3n) is 4.69. The van der Waals surface area contributed by atoms with Gasteiger partial charge in [0.25, 0.3) is 0 Å². The average molecular weight is 166 g/mol. The SMILES string of the molecule is OC1CC2CCC1C1CCCC21. The molecule has 4 rings (SSSR count). The second-order valence-corrected chi connectivity index (χ2v) is 5.06. The van der Waals surface area contributed by atoms with Crippen molar-refractivity contribution in [2.45, 2.75) is 44.6 Å². The highest BCUT2D eigenvalue weighted by molar-refractivity contribution is 4.99. The van der Waals surface area contributed by atoms with E-state index in [0.717, 1.165) is 24.2 Å². The van der Waals surface area contributed by atoms with Crippen LogP contribution < -0.4 is 0 Å². The normalized spacial score (nSPS) is 57.2. The Hall–Kier alpha value is -0.0400. The number of fused-ring (bicyclic) bond motifs is 2. The Kier molecular flexibility index (Phi) is 1.52. The molecule has 0 aromatic rings. The summed E-state index contributed by atoms with van der Waals surface area (Å²) in [5, 5.41) is 9.85. The Morgan fingerprint density at radius 2 is 1.67 bits per heavy atom. The molecule has 4 aliphatic rings. The molecule has 1 N–H and O–H groups in total. The van der Waals surface area contributed by atoms with E-state index in [4.69, 9.17) is 0 Å². The summed E-state index contributed by atoms with van der Waals surface area (Å²) < 4.78 is 0. The van der Waals surface area contributed by atoms with E-state index in [0.29, 0.717) is 5.92 Å². The summed E-state index contributed by atoms with van der Waals surface area (Å²) in [6.07, 6.45) is 8.28. The predicted octanol–water partition coefficient (Wildman–Crippen LogP) is 2.19. The monoisotopic (exact) mass is 166 g/mol. The number of aliphatic hydroxyl groups excluding tert-OH is 1. The summed E-state index contributed by atoms with van der Waals surface area (Å²) in [6.45, 7) is 0. The average Bonchev–Trinajstić information content (AvgIpc) is 2.53. The molecule has 5 unspecified atom stereocenters. The van der Waals surface area contributed by atoms with Crippen molar-refractivity contribution in [1.29, 1.82) is 0 Å². The van der Waals surface area contributed by atoms with Crippen molar-refractivity contribution < 1.29 is 5.11 Å². The van der Waals surface area contributed by atoms with Crippen LogP contribution in [0.2, 0.25) is 0 Å². The Morgan fingerprint density at radius 1 is 0.833 bits per heavy atom. The molecule has 12 heavy (non-hydrogen) atoms. The molecule has 0 radical (unpaired) electrons. The van der Waals surface area contributed by atoms with Gasteiger partial charge in [0.15, 0.2) is 0 Å².